The van der Waals surface area contributed by atoms with Crippen LogP contribution in [0, 0.1) is 0 Å². The first-order valence-electron chi connectivity index (χ1n) is 3.94. The molecule has 0 spiro atoms. The van der Waals surface area contributed by atoms with E-state index in [-0.39, 0.29) is 16.9 Å². The summed E-state index contributed by atoms with van der Waals surface area (Å²) in [6.45, 7) is 0. The van der Waals surface area contributed by atoms with Crippen LogP contribution in [0.4, 0.5) is 13.2 Å². The Labute approximate surface area is 89.2 Å². The number of aldehydes is 1. The zero-order valence-corrected chi connectivity index (χ0v) is 8.14. The molecule has 0 bridgehead atoms. The minimum Gasteiger partial charge on any atom is -0.299 e. The number of benzene rings is 1. The summed E-state index contributed by atoms with van der Waals surface area (Å²) in [5.74, 6) is 0. The van der Waals surface area contributed by atoms with Gasteiger partial charge in [0.1, 0.15) is 6.29 Å². The van der Waals surface area contributed by atoms with Crippen molar-refractivity contribution in [2.45, 2.75) is 6.18 Å². The summed E-state index contributed by atoms with van der Waals surface area (Å²) in [7, 11) is 0. The van der Waals surface area contributed by atoms with Crippen molar-refractivity contribution in [3.63, 3.8) is 0 Å². The van der Waals surface area contributed by atoms with Crippen LogP contribution in [0.1, 0.15) is 5.56 Å². The van der Waals surface area contributed by atoms with E-state index in [2.05, 4.69) is 0 Å². The second-order valence-electron chi connectivity index (χ2n) is 2.69. The van der Waals surface area contributed by atoms with E-state index in [1.54, 1.807) is 0 Å². The second-order valence-corrected chi connectivity index (χ2v) is 3.10. The molecule has 1 nitrogen and oxygen atoms in total. The number of alkyl halides is 3. The Bertz CT molecular complexity index is 396. The van der Waals surface area contributed by atoms with Gasteiger partial charge in [0, 0.05) is 10.6 Å². The predicted octanol–water partition coefficient (Wildman–Crippen LogP) is 3.48. The van der Waals surface area contributed by atoms with Crippen LogP contribution in [0.25, 0.3) is 5.57 Å². The Balaban J connectivity index is 3.29. The Morgan fingerprint density at radius 3 is 2.33 bits per heavy atom. The van der Waals surface area contributed by atoms with Gasteiger partial charge < -0.3 is 0 Å². The molecule has 0 fully saturated rings. The van der Waals surface area contributed by atoms with E-state index >= 15 is 0 Å². The summed E-state index contributed by atoms with van der Waals surface area (Å²) in [6, 6.07) is 5.48. The molecule has 80 valence electrons. The van der Waals surface area contributed by atoms with Crippen LogP contribution in [0.15, 0.2) is 30.3 Å². The molecule has 0 saturated heterocycles. The van der Waals surface area contributed by atoms with E-state index < -0.39 is 11.7 Å². The topological polar surface area (TPSA) is 17.1 Å². The van der Waals surface area contributed by atoms with Gasteiger partial charge in [-0.25, -0.2) is 0 Å². The maximum absolute atomic E-state index is 12.5. The lowest BCUT2D eigenvalue weighted by molar-refractivity contribution is -0.104. The quantitative estimate of drug-likeness (QED) is 0.566. The first kappa shape index (κ1) is 11.8. The number of carbonyl (C=O) groups excluding carboxylic acids is 1. The first-order chi connectivity index (χ1) is 6.96. The van der Waals surface area contributed by atoms with Crippen LogP contribution in [0.2, 0.25) is 5.02 Å². The summed E-state index contributed by atoms with van der Waals surface area (Å²) in [5, 5.41) is -0.0390. The van der Waals surface area contributed by atoms with E-state index in [9.17, 15) is 18.0 Å². The molecule has 0 aliphatic heterocycles. The highest BCUT2D eigenvalue weighted by atomic mass is 35.5. The highest BCUT2D eigenvalue weighted by Crippen LogP contribution is 2.36. The molecule has 0 aliphatic carbocycles. The third kappa shape index (κ3) is 2.83. The van der Waals surface area contributed by atoms with Gasteiger partial charge in [-0.15, -0.1) is 0 Å². The van der Waals surface area contributed by atoms with Crippen molar-refractivity contribution in [1.29, 1.82) is 0 Å². The summed E-state index contributed by atoms with van der Waals surface area (Å²) < 4.78 is 37.5. The maximum atomic E-state index is 12.5. The second kappa shape index (κ2) is 4.49. The molecule has 1 aromatic carbocycles. The van der Waals surface area contributed by atoms with E-state index in [0.717, 1.165) is 0 Å². The number of hydrogen-bond acceptors (Lipinski definition) is 1. The van der Waals surface area contributed by atoms with Gasteiger partial charge in [0.15, 0.2) is 0 Å². The summed E-state index contributed by atoms with van der Waals surface area (Å²) in [5.41, 5.74) is -1.23. The molecule has 1 rings (SSSR count). The molecule has 0 atom stereocenters. The number of halogens is 4. The summed E-state index contributed by atoms with van der Waals surface area (Å²) in [6.07, 6.45) is -4.04. The zero-order chi connectivity index (χ0) is 11.5. The van der Waals surface area contributed by atoms with Crippen LogP contribution < -0.4 is 0 Å². The van der Waals surface area contributed by atoms with Crippen LogP contribution in [0.3, 0.4) is 0 Å². The Kier molecular flexibility index (Phi) is 3.52. The van der Waals surface area contributed by atoms with Crippen molar-refractivity contribution in [3.05, 3.63) is 40.9 Å². The monoisotopic (exact) mass is 234 g/mol. The smallest absolute Gasteiger partial charge is 0.299 e. The van der Waals surface area contributed by atoms with Gasteiger partial charge in [0.25, 0.3) is 0 Å². The number of allylic oxidation sites excluding steroid dienone is 2. The molecular weight excluding hydrogens is 229 g/mol. The fourth-order valence-corrected chi connectivity index (χ4v) is 1.32. The maximum Gasteiger partial charge on any atom is 0.417 e. The van der Waals surface area contributed by atoms with Crippen molar-refractivity contribution in [1.82, 2.24) is 0 Å². The molecular formula is C10H6ClF3O. The van der Waals surface area contributed by atoms with Gasteiger partial charge in [-0.3, -0.25) is 4.79 Å². The molecule has 0 amide bonds. The Hall–Kier alpha value is -1.29. The molecule has 5 heteroatoms. The fraction of sp³-hybridized carbons (Fsp3) is 0.100. The SMILES string of the molecule is O=C/C=C(\c1ccccc1Cl)C(F)(F)F. The van der Waals surface area contributed by atoms with Crippen LogP contribution in [-0.4, -0.2) is 12.5 Å². The van der Waals surface area contributed by atoms with Crippen molar-refractivity contribution >= 4 is 23.5 Å². The molecule has 0 aliphatic rings. The van der Waals surface area contributed by atoms with Crippen molar-refractivity contribution in [3.8, 4) is 0 Å². The van der Waals surface area contributed by atoms with Gasteiger partial charge in [0.05, 0.1) is 5.57 Å². The summed E-state index contributed by atoms with van der Waals surface area (Å²) >= 11 is 5.60. The predicted molar refractivity (Wildman–Crippen MR) is 51.5 cm³/mol. The third-order valence-corrected chi connectivity index (χ3v) is 2.03. The lowest BCUT2D eigenvalue weighted by Gasteiger charge is -2.12. The largest absolute Gasteiger partial charge is 0.417 e. The minimum atomic E-state index is -4.59. The third-order valence-electron chi connectivity index (χ3n) is 1.70. The van der Waals surface area contributed by atoms with E-state index in [4.69, 9.17) is 11.6 Å². The van der Waals surface area contributed by atoms with Crippen molar-refractivity contribution in [2.75, 3.05) is 0 Å². The highest BCUT2D eigenvalue weighted by Gasteiger charge is 2.35. The van der Waals surface area contributed by atoms with E-state index in [1.165, 1.54) is 24.3 Å². The molecule has 0 saturated carbocycles. The molecule has 0 heterocycles. The van der Waals surface area contributed by atoms with Crippen LogP contribution in [0.5, 0.6) is 0 Å². The molecule has 1 aromatic rings. The van der Waals surface area contributed by atoms with Gasteiger partial charge in [-0.1, -0.05) is 29.8 Å². The van der Waals surface area contributed by atoms with Crippen LogP contribution >= 0.6 is 11.6 Å². The van der Waals surface area contributed by atoms with Crippen molar-refractivity contribution in [2.24, 2.45) is 0 Å². The summed E-state index contributed by atoms with van der Waals surface area (Å²) in [4.78, 5) is 10.1. The minimum absolute atomic E-state index is 0.0390. The molecule has 0 unspecified atom stereocenters. The number of rotatable bonds is 2. The zero-order valence-electron chi connectivity index (χ0n) is 7.38. The lowest BCUT2D eigenvalue weighted by atomic mass is 10.1. The molecule has 0 aromatic heterocycles. The number of hydrogen-bond donors (Lipinski definition) is 0. The first-order valence-corrected chi connectivity index (χ1v) is 4.32. The highest BCUT2D eigenvalue weighted by molar-refractivity contribution is 6.32. The van der Waals surface area contributed by atoms with Gasteiger partial charge in [-0.2, -0.15) is 13.2 Å². The average Bonchev–Trinajstić information content (AvgIpc) is 2.14. The molecule has 0 N–H and O–H groups in total. The van der Waals surface area contributed by atoms with Gasteiger partial charge in [0.2, 0.25) is 0 Å². The van der Waals surface area contributed by atoms with Crippen LogP contribution in [-0.2, 0) is 4.79 Å². The number of carbonyl (C=O) groups is 1. The average molecular weight is 235 g/mol. The van der Waals surface area contributed by atoms with Gasteiger partial charge >= 0.3 is 6.18 Å². The van der Waals surface area contributed by atoms with Crippen molar-refractivity contribution < 1.29 is 18.0 Å². The fourth-order valence-electron chi connectivity index (χ4n) is 1.08. The van der Waals surface area contributed by atoms with E-state index in [0.29, 0.717) is 6.08 Å². The lowest BCUT2D eigenvalue weighted by Crippen LogP contribution is -2.11. The Morgan fingerprint density at radius 2 is 1.87 bits per heavy atom. The Morgan fingerprint density at radius 1 is 1.27 bits per heavy atom. The van der Waals surface area contributed by atoms with Gasteiger partial charge in [-0.05, 0) is 12.1 Å². The molecule has 0 radical (unpaired) electrons. The normalized spacial score (nSPS) is 12.7. The standard InChI is InChI=1S/C10H6ClF3O/c11-9-4-2-1-3-7(9)8(5-6-15)10(12,13)14/h1-6H/b8-5+. The molecule has 15 heavy (non-hydrogen) atoms. The van der Waals surface area contributed by atoms with E-state index in [1.807, 2.05) is 0 Å².